The molecule has 0 radical (unpaired) electrons. The molecule has 0 heterocycles. The fourth-order valence-corrected chi connectivity index (χ4v) is 2.04. The molecule has 4 heteroatoms. The van der Waals surface area contributed by atoms with Crippen molar-refractivity contribution in [2.24, 2.45) is 0 Å². The number of halogens is 2. The molecule has 0 fully saturated rings. The summed E-state index contributed by atoms with van der Waals surface area (Å²) in [5.74, 6) is -0.0275. The Morgan fingerprint density at radius 1 is 1.15 bits per heavy atom. The lowest BCUT2D eigenvalue weighted by atomic mass is 10.1. The Labute approximate surface area is 122 Å². The van der Waals surface area contributed by atoms with Crippen molar-refractivity contribution in [2.45, 2.75) is 18.8 Å². The van der Waals surface area contributed by atoms with Gasteiger partial charge in [-0.15, -0.1) is 11.6 Å². The van der Waals surface area contributed by atoms with Gasteiger partial charge in [0.15, 0.2) is 0 Å². The number of carbonyl (C=O) groups is 1. The Kier molecular flexibility index (Phi) is 4.74. The lowest BCUT2D eigenvalue weighted by molar-refractivity contribution is 0.0940. The summed E-state index contributed by atoms with van der Waals surface area (Å²) >= 11 is 5.70. The van der Waals surface area contributed by atoms with Crippen LogP contribution >= 0.6 is 11.6 Å². The van der Waals surface area contributed by atoms with Crippen LogP contribution in [0.5, 0.6) is 0 Å². The van der Waals surface area contributed by atoms with Gasteiger partial charge in [-0.1, -0.05) is 24.3 Å². The number of amides is 1. The lowest BCUT2D eigenvalue weighted by Gasteiger charge is -2.14. The van der Waals surface area contributed by atoms with E-state index in [4.69, 9.17) is 11.6 Å². The van der Waals surface area contributed by atoms with Crippen molar-refractivity contribution >= 4 is 17.5 Å². The molecular formula is C16H15ClFNO. The molecular weight excluding hydrogens is 277 g/mol. The summed E-state index contributed by atoms with van der Waals surface area (Å²) in [7, 11) is 0. The first-order chi connectivity index (χ1) is 9.60. The highest BCUT2D eigenvalue weighted by molar-refractivity contribution is 6.17. The van der Waals surface area contributed by atoms with E-state index in [-0.39, 0.29) is 17.8 Å². The van der Waals surface area contributed by atoms with E-state index in [9.17, 15) is 9.18 Å². The molecule has 1 atom stereocenters. The third-order valence-electron chi connectivity index (χ3n) is 3.09. The van der Waals surface area contributed by atoms with Gasteiger partial charge in [-0.05, 0) is 42.3 Å². The molecule has 0 bridgehead atoms. The molecule has 0 aliphatic carbocycles. The van der Waals surface area contributed by atoms with E-state index >= 15 is 0 Å². The molecule has 2 nitrogen and oxygen atoms in total. The largest absolute Gasteiger partial charge is 0.346 e. The lowest BCUT2D eigenvalue weighted by Crippen LogP contribution is -2.26. The second-order valence-corrected chi connectivity index (χ2v) is 4.84. The molecule has 0 saturated heterocycles. The molecule has 2 aromatic rings. The minimum Gasteiger partial charge on any atom is -0.346 e. The second kappa shape index (κ2) is 6.53. The Balaban J connectivity index is 2.04. The molecule has 0 aromatic heterocycles. The van der Waals surface area contributed by atoms with E-state index in [1.807, 2.05) is 19.1 Å². The van der Waals surface area contributed by atoms with E-state index in [1.54, 1.807) is 24.3 Å². The van der Waals surface area contributed by atoms with Crippen LogP contribution in [-0.2, 0) is 5.88 Å². The summed E-state index contributed by atoms with van der Waals surface area (Å²) in [6.45, 7) is 1.86. The number of alkyl halides is 1. The van der Waals surface area contributed by atoms with Crippen molar-refractivity contribution in [3.63, 3.8) is 0 Å². The number of hydrogen-bond acceptors (Lipinski definition) is 1. The SMILES string of the molecule is C[C@@H](NC(=O)c1ccc(CCl)cc1)c1ccc(F)cc1. The predicted octanol–water partition coefficient (Wildman–Crippen LogP) is 4.06. The molecule has 1 N–H and O–H groups in total. The first-order valence-electron chi connectivity index (χ1n) is 6.31. The third-order valence-corrected chi connectivity index (χ3v) is 3.40. The van der Waals surface area contributed by atoms with Crippen molar-refractivity contribution in [3.05, 3.63) is 71.0 Å². The van der Waals surface area contributed by atoms with Gasteiger partial charge in [0, 0.05) is 11.4 Å². The highest BCUT2D eigenvalue weighted by Crippen LogP contribution is 2.14. The zero-order chi connectivity index (χ0) is 14.5. The molecule has 2 rings (SSSR count). The Morgan fingerprint density at radius 3 is 2.30 bits per heavy atom. The molecule has 0 aliphatic rings. The minimum absolute atomic E-state index is 0.164. The summed E-state index contributed by atoms with van der Waals surface area (Å²) < 4.78 is 12.9. The highest BCUT2D eigenvalue weighted by atomic mass is 35.5. The summed E-state index contributed by atoms with van der Waals surface area (Å²) in [6.07, 6.45) is 0. The molecule has 1 amide bonds. The Hall–Kier alpha value is -1.87. The quantitative estimate of drug-likeness (QED) is 0.846. The van der Waals surface area contributed by atoms with Crippen LogP contribution < -0.4 is 5.32 Å². The van der Waals surface area contributed by atoms with Crippen LogP contribution in [0.3, 0.4) is 0 Å². The normalized spacial score (nSPS) is 11.9. The topological polar surface area (TPSA) is 29.1 Å². The third kappa shape index (κ3) is 3.58. The zero-order valence-corrected chi connectivity index (χ0v) is 11.8. The second-order valence-electron chi connectivity index (χ2n) is 4.58. The molecule has 0 aliphatic heterocycles. The predicted molar refractivity (Wildman–Crippen MR) is 78.3 cm³/mol. The van der Waals surface area contributed by atoms with Gasteiger partial charge in [0.2, 0.25) is 0 Å². The minimum atomic E-state index is -0.288. The van der Waals surface area contributed by atoms with E-state index in [0.29, 0.717) is 11.4 Å². The number of hydrogen-bond donors (Lipinski definition) is 1. The van der Waals surface area contributed by atoms with Crippen molar-refractivity contribution in [1.82, 2.24) is 5.32 Å². The first kappa shape index (κ1) is 14.5. The molecule has 104 valence electrons. The van der Waals surface area contributed by atoms with Crippen LogP contribution in [0.25, 0.3) is 0 Å². The summed E-state index contributed by atoms with van der Waals surface area (Å²) in [6, 6.07) is 13.0. The standard InChI is InChI=1S/C16H15ClFNO/c1-11(13-6-8-15(18)9-7-13)19-16(20)14-4-2-12(10-17)3-5-14/h2-9,11H,10H2,1H3,(H,19,20)/t11-/m1/s1. The number of nitrogens with one attached hydrogen (secondary N) is 1. The average Bonchev–Trinajstić information content (AvgIpc) is 2.48. The first-order valence-corrected chi connectivity index (χ1v) is 6.85. The van der Waals surface area contributed by atoms with Gasteiger partial charge in [-0.25, -0.2) is 4.39 Å². The summed E-state index contributed by atoms with van der Waals surface area (Å²) in [5.41, 5.74) is 2.40. The van der Waals surface area contributed by atoms with Crippen LogP contribution in [-0.4, -0.2) is 5.91 Å². The number of rotatable bonds is 4. The van der Waals surface area contributed by atoms with Gasteiger partial charge in [-0.3, -0.25) is 4.79 Å². The zero-order valence-electron chi connectivity index (χ0n) is 11.1. The summed E-state index contributed by atoms with van der Waals surface area (Å²) in [4.78, 5) is 12.1. The van der Waals surface area contributed by atoms with Gasteiger partial charge in [0.25, 0.3) is 5.91 Å². The van der Waals surface area contributed by atoms with E-state index < -0.39 is 0 Å². The fraction of sp³-hybridized carbons (Fsp3) is 0.188. The van der Waals surface area contributed by atoms with E-state index in [0.717, 1.165) is 11.1 Å². The molecule has 2 aromatic carbocycles. The van der Waals surface area contributed by atoms with Crippen molar-refractivity contribution in [1.29, 1.82) is 0 Å². The summed E-state index contributed by atoms with van der Waals surface area (Å²) in [5, 5.41) is 2.88. The molecule has 0 saturated carbocycles. The van der Waals surface area contributed by atoms with E-state index in [2.05, 4.69) is 5.32 Å². The average molecular weight is 292 g/mol. The maximum atomic E-state index is 12.9. The fourth-order valence-electron chi connectivity index (χ4n) is 1.86. The van der Waals surface area contributed by atoms with E-state index in [1.165, 1.54) is 12.1 Å². The maximum absolute atomic E-state index is 12.9. The number of benzene rings is 2. The van der Waals surface area contributed by atoms with Crippen LogP contribution in [0.15, 0.2) is 48.5 Å². The van der Waals surface area contributed by atoms with Crippen LogP contribution in [0.1, 0.15) is 34.5 Å². The number of carbonyl (C=O) groups excluding carboxylic acids is 1. The Bertz CT molecular complexity index is 580. The van der Waals surface area contributed by atoms with Crippen LogP contribution in [0.4, 0.5) is 4.39 Å². The monoisotopic (exact) mass is 291 g/mol. The van der Waals surface area contributed by atoms with Crippen molar-refractivity contribution in [2.75, 3.05) is 0 Å². The Morgan fingerprint density at radius 2 is 1.75 bits per heavy atom. The van der Waals surface area contributed by atoms with Gasteiger partial charge >= 0.3 is 0 Å². The highest BCUT2D eigenvalue weighted by Gasteiger charge is 2.11. The van der Waals surface area contributed by atoms with Crippen LogP contribution in [0, 0.1) is 5.82 Å². The molecule has 0 spiro atoms. The van der Waals surface area contributed by atoms with Crippen molar-refractivity contribution < 1.29 is 9.18 Å². The van der Waals surface area contributed by atoms with Gasteiger partial charge in [0.05, 0.1) is 6.04 Å². The van der Waals surface area contributed by atoms with Gasteiger partial charge < -0.3 is 5.32 Å². The smallest absolute Gasteiger partial charge is 0.251 e. The van der Waals surface area contributed by atoms with Crippen molar-refractivity contribution in [3.8, 4) is 0 Å². The van der Waals surface area contributed by atoms with Gasteiger partial charge in [-0.2, -0.15) is 0 Å². The molecule has 0 unspecified atom stereocenters. The maximum Gasteiger partial charge on any atom is 0.251 e. The van der Waals surface area contributed by atoms with Gasteiger partial charge in [0.1, 0.15) is 5.82 Å². The molecule has 20 heavy (non-hydrogen) atoms. The van der Waals surface area contributed by atoms with Crippen LogP contribution in [0.2, 0.25) is 0 Å².